The molecule has 2 nitrogen and oxygen atoms in total. The van der Waals surface area contributed by atoms with Crippen LogP contribution in [-0.2, 0) is 0 Å². The second-order valence-corrected chi connectivity index (χ2v) is 5.32. The quantitative estimate of drug-likeness (QED) is 0.762. The van der Waals surface area contributed by atoms with Gasteiger partial charge in [0.05, 0.1) is 5.69 Å². The zero-order valence-corrected chi connectivity index (χ0v) is 11.7. The average molecular weight is 278 g/mol. The maximum atomic E-state index is 5.61. The molecule has 0 atom stereocenters. The summed E-state index contributed by atoms with van der Waals surface area (Å²) < 4.78 is 0. The van der Waals surface area contributed by atoms with Crippen molar-refractivity contribution in [3.05, 3.63) is 71.2 Å². The molecule has 98 valence electrons. The third-order valence-corrected chi connectivity index (χ3v) is 3.70. The third kappa shape index (κ3) is 2.95. The first-order valence-corrected chi connectivity index (χ1v) is 7.24. The maximum absolute atomic E-state index is 5.61. The van der Waals surface area contributed by atoms with Crippen molar-refractivity contribution in [2.45, 2.75) is 0 Å². The molecule has 1 heterocycles. The van der Waals surface area contributed by atoms with Gasteiger partial charge in [-0.3, -0.25) is 0 Å². The standard InChI is InChI=1S/C17H14N2S/c18-17-19-16(12-20-17)11-8-13-6-9-15(10-7-13)14-4-2-1-3-5-14/h1-12H,(H2,18,19). The van der Waals surface area contributed by atoms with Crippen molar-refractivity contribution in [1.29, 1.82) is 0 Å². The van der Waals surface area contributed by atoms with Gasteiger partial charge < -0.3 is 5.73 Å². The van der Waals surface area contributed by atoms with Crippen LogP contribution in [0.3, 0.4) is 0 Å². The van der Waals surface area contributed by atoms with Crippen molar-refractivity contribution in [2.24, 2.45) is 0 Å². The lowest BCUT2D eigenvalue weighted by Crippen LogP contribution is -1.81. The van der Waals surface area contributed by atoms with Gasteiger partial charge >= 0.3 is 0 Å². The van der Waals surface area contributed by atoms with Gasteiger partial charge in [0, 0.05) is 5.38 Å². The molecule has 0 aliphatic carbocycles. The Balaban J connectivity index is 1.78. The van der Waals surface area contributed by atoms with E-state index in [1.165, 1.54) is 22.5 Å². The lowest BCUT2D eigenvalue weighted by atomic mass is 10.0. The fourth-order valence-corrected chi connectivity index (χ4v) is 2.51. The van der Waals surface area contributed by atoms with Gasteiger partial charge in [-0.25, -0.2) is 4.98 Å². The number of rotatable bonds is 3. The molecule has 2 N–H and O–H groups in total. The molecule has 3 rings (SSSR count). The minimum atomic E-state index is 0.601. The number of hydrogen-bond acceptors (Lipinski definition) is 3. The summed E-state index contributed by atoms with van der Waals surface area (Å²) in [7, 11) is 0. The van der Waals surface area contributed by atoms with Gasteiger partial charge in [0.2, 0.25) is 0 Å². The van der Waals surface area contributed by atoms with E-state index in [-0.39, 0.29) is 0 Å². The van der Waals surface area contributed by atoms with Crippen LogP contribution in [0.1, 0.15) is 11.3 Å². The summed E-state index contributed by atoms with van der Waals surface area (Å²) in [6.45, 7) is 0. The molecule has 0 aliphatic rings. The first-order valence-electron chi connectivity index (χ1n) is 6.36. The average Bonchev–Trinajstić information content (AvgIpc) is 2.92. The molecule has 0 spiro atoms. The number of nitrogens with zero attached hydrogens (tertiary/aromatic N) is 1. The number of hydrogen-bond donors (Lipinski definition) is 1. The first-order chi connectivity index (χ1) is 9.81. The summed E-state index contributed by atoms with van der Waals surface area (Å²) in [4.78, 5) is 4.20. The number of nitrogens with two attached hydrogens (primary N) is 1. The molecule has 20 heavy (non-hydrogen) atoms. The number of anilines is 1. The topological polar surface area (TPSA) is 38.9 Å². The van der Waals surface area contributed by atoms with Crippen molar-refractivity contribution in [1.82, 2.24) is 4.98 Å². The van der Waals surface area contributed by atoms with Gasteiger partial charge in [0.25, 0.3) is 0 Å². The highest BCUT2D eigenvalue weighted by Crippen LogP contribution is 2.20. The van der Waals surface area contributed by atoms with E-state index < -0.39 is 0 Å². The minimum absolute atomic E-state index is 0.601. The zero-order chi connectivity index (χ0) is 13.8. The van der Waals surface area contributed by atoms with Crippen LogP contribution in [0.25, 0.3) is 23.3 Å². The van der Waals surface area contributed by atoms with Crippen LogP contribution >= 0.6 is 11.3 Å². The smallest absolute Gasteiger partial charge is 0.180 e. The van der Waals surface area contributed by atoms with Crippen molar-refractivity contribution < 1.29 is 0 Å². The minimum Gasteiger partial charge on any atom is -0.375 e. The summed E-state index contributed by atoms with van der Waals surface area (Å²) in [5, 5.41) is 2.55. The largest absolute Gasteiger partial charge is 0.375 e. The van der Waals surface area contributed by atoms with Gasteiger partial charge in [-0.05, 0) is 22.8 Å². The van der Waals surface area contributed by atoms with Crippen molar-refractivity contribution in [3.8, 4) is 11.1 Å². The summed E-state index contributed by atoms with van der Waals surface area (Å²) >= 11 is 1.45. The number of aromatic nitrogens is 1. The summed E-state index contributed by atoms with van der Waals surface area (Å²) in [5.41, 5.74) is 10.1. The Morgan fingerprint density at radius 1 is 0.850 bits per heavy atom. The third-order valence-electron chi connectivity index (χ3n) is 3.00. The molecular formula is C17H14N2S. The Morgan fingerprint density at radius 2 is 1.55 bits per heavy atom. The van der Waals surface area contributed by atoms with Crippen LogP contribution in [0.2, 0.25) is 0 Å². The van der Waals surface area contributed by atoms with Gasteiger partial charge in [-0.1, -0.05) is 60.7 Å². The molecule has 3 aromatic rings. The van der Waals surface area contributed by atoms with Gasteiger partial charge in [0.15, 0.2) is 5.13 Å². The second kappa shape index (κ2) is 5.72. The number of benzene rings is 2. The molecule has 0 saturated carbocycles. The molecule has 0 bridgehead atoms. The van der Waals surface area contributed by atoms with E-state index in [2.05, 4.69) is 53.5 Å². The van der Waals surface area contributed by atoms with E-state index in [1.807, 2.05) is 23.6 Å². The van der Waals surface area contributed by atoms with Crippen molar-refractivity contribution >= 4 is 28.6 Å². The Labute approximate surface area is 122 Å². The lowest BCUT2D eigenvalue weighted by molar-refractivity contribution is 1.39. The van der Waals surface area contributed by atoms with Crippen LogP contribution in [0.5, 0.6) is 0 Å². The molecule has 0 unspecified atom stereocenters. The van der Waals surface area contributed by atoms with E-state index in [9.17, 15) is 0 Å². The monoisotopic (exact) mass is 278 g/mol. The van der Waals surface area contributed by atoms with Crippen molar-refractivity contribution in [2.75, 3.05) is 5.73 Å². The first kappa shape index (κ1) is 12.6. The predicted molar refractivity (Wildman–Crippen MR) is 87.3 cm³/mol. The summed E-state index contributed by atoms with van der Waals surface area (Å²) in [5.74, 6) is 0. The highest BCUT2D eigenvalue weighted by Gasteiger charge is 1.96. The molecule has 0 fully saturated rings. The molecular weight excluding hydrogens is 264 g/mol. The Kier molecular flexibility index (Phi) is 3.61. The second-order valence-electron chi connectivity index (χ2n) is 4.43. The number of nitrogen functional groups attached to an aromatic ring is 1. The highest BCUT2D eigenvalue weighted by molar-refractivity contribution is 7.13. The van der Waals surface area contributed by atoms with E-state index in [0.29, 0.717) is 5.13 Å². The molecule has 3 heteroatoms. The van der Waals surface area contributed by atoms with Gasteiger partial charge in [0.1, 0.15) is 0 Å². The van der Waals surface area contributed by atoms with Crippen LogP contribution in [0, 0.1) is 0 Å². The molecule has 0 aliphatic heterocycles. The Morgan fingerprint density at radius 3 is 2.20 bits per heavy atom. The molecule has 0 radical (unpaired) electrons. The Bertz CT molecular complexity index is 712. The van der Waals surface area contributed by atoms with Crippen molar-refractivity contribution in [3.63, 3.8) is 0 Å². The van der Waals surface area contributed by atoms with E-state index in [4.69, 9.17) is 5.73 Å². The molecule has 0 saturated heterocycles. The summed E-state index contributed by atoms with van der Waals surface area (Å²) in [6, 6.07) is 18.8. The van der Waals surface area contributed by atoms with E-state index in [0.717, 1.165) is 11.3 Å². The van der Waals surface area contributed by atoms with Gasteiger partial charge in [-0.2, -0.15) is 0 Å². The molecule has 2 aromatic carbocycles. The maximum Gasteiger partial charge on any atom is 0.180 e. The van der Waals surface area contributed by atoms with Crippen LogP contribution < -0.4 is 5.73 Å². The number of thiazole rings is 1. The zero-order valence-electron chi connectivity index (χ0n) is 10.9. The van der Waals surface area contributed by atoms with Gasteiger partial charge in [-0.15, -0.1) is 11.3 Å². The lowest BCUT2D eigenvalue weighted by Gasteiger charge is -2.01. The van der Waals surface area contributed by atoms with E-state index >= 15 is 0 Å². The predicted octanol–water partition coefficient (Wildman–Crippen LogP) is 4.56. The van der Waals surface area contributed by atoms with Crippen LogP contribution in [0.15, 0.2) is 60.0 Å². The fourth-order valence-electron chi connectivity index (χ4n) is 1.98. The SMILES string of the molecule is Nc1nc(C=Cc2ccc(-c3ccccc3)cc2)cs1. The Hall–Kier alpha value is -2.39. The normalized spacial score (nSPS) is 11.0. The van der Waals surface area contributed by atoms with E-state index in [1.54, 1.807) is 0 Å². The fraction of sp³-hybridized carbons (Fsp3) is 0. The summed E-state index contributed by atoms with van der Waals surface area (Å²) in [6.07, 6.45) is 4.02. The highest BCUT2D eigenvalue weighted by atomic mass is 32.1. The van der Waals surface area contributed by atoms with Crippen LogP contribution in [-0.4, -0.2) is 4.98 Å². The van der Waals surface area contributed by atoms with Crippen LogP contribution in [0.4, 0.5) is 5.13 Å². The molecule has 0 amide bonds. The molecule has 1 aromatic heterocycles.